The van der Waals surface area contributed by atoms with E-state index in [1.807, 2.05) is 32.0 Å². The van der Waals surface area contributed by atoms with Crippen molar-refractivity contribution >= 4 is 11.8 Å². The lowest BCUT2D eigenvalue weighted by Gasteiger charge is -2.29. The van der Waals surface area contributed by atoms with Gasteiger partial charge in [0, 0.05) is 23.9 Å². The first-order chi connectivity index (χ1) is 12.4. The standard InChI is InChI=1S/C18H23FN4O3/c1-18(2)12-22(11-13-4-5-14(25-3)10-15(13)26-18)17(24)20-16-6-8-23(21-16)9-7-19/h4-6,8,10H,7,9,11-12H2,1-3H3,(H,20,21,24). The van der Waals surface area contributed by atoms with Gasteiger partial charge in [-0.15, -0.1) is 0 Å². The van der Waals surface area contributed by atoms with E-state index in [2.05, 4.69) is 10.4 Å². The number of halogens is 1. The molecule has 0 atom stereocenters. The van der Waals surface area contributed by atoms with Crippen LogP contribution in [0.2, 0.25) is 0 Å². The minimum atomic E-state index is -0.567. The lowest BCUT2D eigenvalue weighted by atomic mass is 10.1. The number of alkyl halides is 1. The normalized spacial score (nSPS) is 15.6. The molecule has 2 heterocycles. The second-order valence-electron chi connectivity index (χ2n) is 6.77. The molecule has 3 rings (SSSR count). The van der Waals surface area contributed by atoms with Crippen molar-refractivity contribution in [1.29, 1.82) is 0 Å². The molecule has 0 spiro atoms. The molecule has 1 aliphatic heterocycles. The molecule has 1 aromatic carbocycles. The van der Waals surface area contributed by atoms with Crippen LogP contribution in [0.25, 0.3) is 0 Å². The Morgan fingerprint density at radius 2 is 2.23 bits per heavy atom. The van der Waals surface area contributed by atoms with Crippen molar-refractivity contribution < 1.29 is 18.7 Å². The van der Waals surface area contributed by atoms with Crippen LogP contribution in [0.1, 0.15) is 19.4 Å². The average Bonchev–Trinajstić information content (AvgIpc) is 2.96. The summed E-state index contributed by atoms with van der Waals surface area (Å²) >= 11 is 0. The Labute approximate surface area is 151 Å². The number of aryl methyl sites for hydroxylation is 1. The van der Waals surface area contributed by atoms with E-state index in [4.69, 9.17) is 9.47 Å². The van der Waals surface area contributed by atoms with Crippen LogP contribution in [0.3, 0.4) is 0 Å². The van der Waals surface area contributed by atoms with Crippen LogP contribution in [0, 0.1) is 0 Å². The number of aromatic nitrogens is 2. The SMILES string of the molecule is COc1ccc2c(c1)OC(C)(C)CN(C(=O)Nc1ccn(CCF)n1)C2. The molecule has 2 aromatic rings. The summed E-state index contributed by atoms with van der Waals surface area (Å²) in [6.45, 7) is 4.32. The third kappa shape index (κ3) is 4.07. The minimum Gasteiger partial charge on any atom is -0.497 e. The zero-order valence-corrected chi connectivity index (χ0v) is 15.2. The van der Waals surface area contributed by atoms with Crippen molar-refractivity contribution in [3.05, 3.63) is 36.0 Å². The molecular formula is C18H23FN4O3. The lowest BCUT2D eigenvalue weighted by molar-refractivity contribution is 0.0832. The third-order valence-electron chi connectivity index (χ3n) is 4.07. The fourth-order valence-corrected chi connectivity index (χ4v) is 2.91. The van der Waals surface area contributed by atoms with E-state index < -0.39 is 12.3 Å². The molecule has 7 nitrogen and oxygen atoms in total. The van der Waals surface area contributed by atoms with Gasteiger partial charge in [0.1, 0.15) is 23.8 Å². The van der Waals surface area contributed by atoms with Gasteiger partial charge in [0.2, 0.25) is 0 Å². The topological polar surface area (TPSA) is 68.6 Å². The van der Waals surface area contributed by atoms with Gasteiger partial charge in [0.15, 0.2) is 5.82 Å². The quantitative estimate of drug-likeness (QED) is 0.908. The summed E-state index contributed by atoms with van der Waals surface area (Å²) in [4.78, 5) is 14.4. The van der Waals surface area contributed by atoms with Crippen LogP contribution in [0.5, 0.6) is 11.5 Å². The number of amides is 2. The number of hydrogen-bond acceptors (Lipinski definition) is 4. The number of benzene rings is 1. The summed E-state index contributed by atoms with van der Waals surface area (Å²) in [5.41, 5.74) is 0.331. The molecule has 26 heavy (non-hydrogen) atoms. The van der Waals surface area contributed by atoms with Crippen LogP contribution in [-0.4, -0.2) is 46.6 Å². The number of fused-ring (bicyclic) bond motifs is 1. The molecule has 140 valence electrons. The van der Waals surface area contributed by atoms with Crippen molar-refractivity contribution in [3.8, 4) is 11.5 Å². The van der Waals surface area contributed by atoms with E-state index in [1.165, 1.54) is 4.68 Å². The Balaban J connectivity index is 1.78. The molecule has 1 aromatic heterocycles. The number of anilines is 1. The van der Waals surface area contributed by atoms with Crippen LogP contribution < -0.4 is 14.8 Å². The largest absolute Gasteiger partial charge is 0.497 e. The van der Waals surface area contributed by atoms with Gasteiger partial charge < -0.3 is 14.4 Å². The van der Waals surface area contributed by atoms with Gasteiger partial charge in [-0.2, -0.15) is 5.10 Å². The highest BCUT2D eigenvalue weighted by atomic mass is 19.1. The molecule has 0 saturated carbocycles. The molecule has 0 unspecified atom stereocenters. The first kappa shape index (κ1) is 18.0. The van der Waals surface area contributed by atoms with E-state index in [0.29, 0.717) is 30.4 Å². The van der Waals surface area contributed by atoms with Gasteiger partial charge in [-0.1, -0.05) is 0 Å². The van der Waals surface area contributed by atoms with Crippen molar-refractivity contribution in [2.24, 2.45) is 0 Å². The second kappa shape index (κ2) is 7.23. The van der Waals surface area contributed by atoms with Crippen molar-refractivity contribution in [2.45, 2.75) is 32.5 Å². The Kier molecular flexibility index (Phi) is 5.01. The molecule has 0 aliphatic carbocycles. The zero-order valence-electron chi connectivity index (χ0n) is 15.2. The van der Waals surface area contributed by atoms with Crippen LogP contribution >= 0.6 is 0 Å². The first-order valence-electron chi connectivity index (χ1n) is 8.41. The summed E-state index contributed by atoms with van der Waals surface area (Å²) in [7, 11) is 1.60. The summed E-state index contributed by atoms with van der Waals surface area (Å²) in [5.74, 6) is 1.80. The van der Waals surface area contributed by atoms with Gasteiger partial charge in [0.25, 0.3) is 0 Å². The van der Waals surface area contributed by atoms with Crippen molar-refractivity contribution in [1.82, 2.24) is 14.7 Å². The predicted octanol–water partition coefficient (Wildman–Crippen LogP) is 3.07. The number of ether oxygens (including phenoxy) is 2. The highest BCUT2D eigenvalue weighted by Crippen LogP contribution is 2.32. The molecule has 0 saturated heterocycles. The van der Waals surface area contributed by atoms with Crippen molar-refractivity contribution in [2.75, 3.05) is 25.6 Å². The van der Waals surface area contributed by atoms with Gasteiger partial charge in [-0.3, -0.25) is 10.00 Å². The molecule has 0 fully saturated rings. The third-order valence-corrected chi connectivity index (χ3v) is 4.07. The molecule has 1 aliphatic rings. The van der Waals surface area contributed by atoms with E-state index in [0.717, 1.165) is 5.56 Å². The smallest absolute Gasteiger partial charge is 0.323 e. The van der Waals surface area contributed by atoms with Crippen molar-refractivity contribution in [3.63, 3.8) is 0 Å². The minimum absolute atomic E-state index is 0.162. The number of methoxy groups -OCH3 is 1. The maximum absolute atomic E-state index is 12.7. The maximum atomic E-state index is 12.7. The Morgan fingerprint density at radius 3 is 2.96 bits per heavy atom. The van der Waals surface area contributed by atoms with E-state index in [9.17, 15) is 9.18 Å². The number of urea groups is 1. The number of nitrogens with one attached hydrogen (secondary N) is 1. The molecule has 2 amide bonds. The van der Waals surface area contributed by atoms with E-state index in [1.54, 1.807) is 24.3 Å². The van der Waals surface area contributed by atoms with Gasteiger partial charge >= 0.3 is 6.03 Å². The van der Waals surface area contributed by atoms with Gasteiger partial charge in [0.05, 0.1) is 26.7 Å². The molecule has 8 heteroatoms. The maximum Gasteiger partial charge on any atom is 0.323 e. The van der Waals surface area contributed by atoms with Crippen LogP contribution in [0.4, 0.5) is 15.0 Å². The Morgan fingerprint density at radius 1 is 1.42 bits per heavy atom. The first-order valence-corrected chi connectivity index (χ1v) is 8.41. The summed E-state index contributed by atoms with van der Waals surface area (Å²) in [6.07, 6.45) is 1.63. The highest BCUT2D eigenvalue weighted by Gasteiger charge is 2.32. The van der Waals surface area contributed by atoms with Gasteiger partial charge in [-0.25, -0.2) is 9.18 Å². The number of hydrogen-bond donors (Lipinski definition) is 1. The number of carbonyl (C=O) groups is 1. The van der Waals surface area contributed by atoms with Gasteiger partial charge in [-0.05, 0) is 26.0 Å². The number of nitrogens with zero attached hydrogens (tertiary/aromatic N) is 3. The molecule has 0 bridgehead atoms. The second-order valence-corrected chi connectivity index (χ2v) is 6.77. The summed E-state index contributed by atoms with van der Waals surface area (Å²) < 4.78 is 25.2. The van der Waals surface area contributed by atoms with Crippen LogP contribution in [-0.2, 0) is 13.1 Å². The Bertz CT molecular complexity index is 790. The highest BCUT2D eigenvalue weighted by molar-refractivity contribution is 5.88. The van der Waals surface area contributed by atoms with E-state index >= 15 is 0 Å². The zero-order chi connectivity index (χ0) is 18.7. The van der Waals surface area contributed by atoms with Crippen LogP contribution in [0.15, 0.2) is 30.5 Å². The van der Waals surface area contributed by atoms with E-state index in [-0.39, 0.29) is 12.6 Å². The fourth-order valence-electron chi connectivity index (χ4n) is 2.91. The average molecular weight is 362 g/mol. The number of rotatable bonds is 4. The molecular weight excluding hydrogens is 339 g/mol. The predicted molar refractivity (Wildman–Crippen MR) is 95.3 cm³/mol. The fraction of sp³-hybridized carbons (Fsp3) is 0.444. The monoisotopic (exact) mass is 362 g/mol. The Hall–Kier alpha value is -2.77. The molecule has 1 N–H and O–H groups in total. The molecule has 0 radical (unpaired) electrons. The number of carbonyl (C=O) groups excluding carboxylic acids is 1. The summed E-state index contributed by atoms with van der Waals surface area (Å²) in [5, 5.41) is 6.89. The lowest BCUT2D eigenvalue weighted by Crippen LogP contribution is -2.44. The summed E-state index contributed by atoms with van der Waals surface area (Å²) in [6, 6.07) is 6.93.